The summed E-state index contributed by atoms with van der Waals surface area (Å²) < 4.78 is 0. The minimum Gasteiger partial charge on any atom is -0.480 e. The van der Waals surface area contributed by atoms with E-state index in [0.29, 0.717) is 12.8 Å². The average Bonchev–Trinajstić information content (AvgIpc) is 2.98. The largest absolute Gasteiger partial charge is 0.480 e. The molecule has 1 aromatic rings. The molecule has 1 spiro atoms. The Hall–Kier alpha value is -1.95. The van der Waals surface area contributed by atoms with Gasteiger partial charge in [-0.15, -0.1) is 0 Å². The zero-order valence-electron chi connectivity index (χ0n) is 13.2. The molecular formula is C17H23N3O3. The predicted molar refractivity (Wildman–Crippen MR) is 84.8 cm³/mol. The summed E-state index contributed by atoms with van der Waals surface area (Å²) in [6, 6.07) is 3.45. The summed E-state index contributed by atoms with van der Waals surface area (Å²) >= 11 is 0. The Morgan fingerprint density at radius 1 is 1.30 bits per heavy atom. The van der Waals surface area contributed by atoms with E-state index in [2.05, 4.69) is 10.3 Å². The lowest BCUT2D eigenvalue weighted by molar-refractivity contribution is -0.139. The summed E-state index contributed by atoms with van der Waals surface area (Å²) in [5.41, 5.74) is 1.19. The van der Waals surface area contributed by atoms with Crippen molar-refractivity contribution in [1.29, 1.82) is 0 Å². The fourth-order valence-electron chi connectivity index (χ4n) is 3.66. The number of piperidine rings is 1. The summed E-state index contributed by atoms with van der Waals surface area (Å²) in [6.45, 7) is 2.23. The minimum absolute atomic E-state index is 0.0605. The number of nitrogens with zero attached hydrogens (tertiary/aromatic N) is 2. The van der Waals surface area contributed by atoms with Crippen molar-refractivity contribution < 1.29 is 14.7 Å². The first-order chi connectivity index (χ1) is 11.1. The van der Waals surface area contributed by atoms with Crippen molar-refractivity contribution in [1.82, 2.24) is 15.2 Å². The Bertz CT molecular complexity index is 568. The van der Waals surface area contributed by atoms with Gasteiger partial charge in [0.25, 0.3) is 0 Å². The van der Waals surface area contributed by atoms with Crippen molar-refractivity contribution in [3.8, 4) is 0 Å². The van der Waals surface area contributed by atoms with E-state index in [0.717, 1.165) is 44.5 Å². The predicted octanol–water partition coefficient (Wildman–Crippen LogP) is 1.07. The molecule has 2 saturated heterocycles. The number of rotatable bonds is 4. The van der Waals surface area contributed by atoms with E-state index in [1.807, 2.05) is 17.0 Å². The third-order valence-corrected chi connectivity index (χ3v) is 5.21. The van der Waals surface area contributed by atoms with E-state index in [-0.39, 0.29) is 11.3 Å². The van der Waals surface area contributed by atoms with Crippen LogP contribution in [0, 0.1) is 5.41 Å². The van der Waals surface area contributed by atoms with Crippen LogP contribution in [0.5, 0.6) is 0 Å². The van der Waals surface area contributed by atoms with E-state index in [9.17, 15) is 9.59 Å². The van der Waals surface area contributed by atoms with E-state index in [1.165, 1.54) is 0 Å². The lowest BCUT2D eigenvalue weighted by Crippen LogP contribution is -2.44. The molecule has 0 unspecified atom stereocenters. The summed E-state index contributed by atoms with van der Waals surface area (Å²) in [5, 5.41) is 12.2. The van der Waals surface area contributed by atoms with E-state index >= 15 is 0 Å². The molecule has 0 radical (unpaired) electrons. The number of carbonyl (C=O) groups excluding carboxylic acids is 1. The van der Waals surface area contributed by atoms with Crippen molar-refractivity contribution in [3.05, 3.63) is 30.1 Å². The normalized spacial score (nSPS) is 23.1. The van der Waals surface area contributed by atoms with Gasteiger partial charge < -0.3 is 15.3 Å². The Morgan fingerprint density at radius 2 is 2.00 bits per heavy atom. The molecule has 0 saturated carbocycles. The van der Waals surface area contributed by atoms with Crippen LogP contribution in [-0.2, 0) is 16.0 Å². The number of likely N-dealkylation sites (tertiary alicyclic amines) is 1. The van der Waals surface area contributed by atoms with Crippen LogP contribution < -0.4 is 5.32 Å². The van der Waals surface area contributed by atoms with Crippen LogP contribution in [0.1, 0.15) is 31.2 Å². The molecule has 124 valence electrons. The number of hydrogen-bond acceptors (Lipinski definition) is 4. The van der Waals surface area contributed by atoms with Crippen molar-refractivity contribution in [2.24, 2.45) is 5.41 Å². The van der Waals surface area contributed by atoms with Crippen molar-refractivity contribution in [3.63, 3.8) is 0 Å². The number of pyridine rings is 1. The second kappa shape index (κ2) is 6.66. The van der Waals surface area contributed by atoms with Gasteiger partial charge in [0, 0.05) is 38.4 Å². The Kier molecular flexibility index (Phi) is 4.61. The van der Waals surface area contributed by atoms with Gasteiger partial charge in [0.1, 0.15) is 6.04 Å². The summed E-state index contributed by atoms with van der Waals surface area (Å²) in [7, 11) is 0. The van der Waals surface area contributed by atoms with Gasteiger partial charge in [-0.25, -0.2) is 0 Å². The highest BCUT2D eigenvalue weighted by molar-refractivity contribution is 5.76. The van der Waals surface area contributed by atoms with E-state index in [1.54, 1.807) is 12.4 Å². The number of aromatic nitrogens is 1. The number of carbonyl (C=O) groups is 2. The SMILES string of the molecule is O=C(O)[C@H]1CC2(CCN(C(=O)CCc3ccncc3)CC2)CN1. The van der Waals surface area contributed by atoms with Gasteiger partial charge in [-0.05, 0) is 48.8 Å². The molecule has 0 aromatic carbocycles. The number of carboxylic acids is 1. The number of aliphatic carboxylic acids is 1. The van der Waals surface area contributed by atoms with Crippen LogP contribution >= 0.6 is 0 Å². The molecule has 2 aliphatic heterocycles. The van der Waals surface area contributed by atoms with Crippen molar-refractivity contribution >= 4 is 11.9 Å². The Labute approximate surface area is 135 Å². The molecule has 1 amide bonds. The number of nitrogens with one attached hydrogen (secondary N) is 1. The number of hydrogen-bond donors (Lipinski definition) is 2. The molecule has 23 heavy (non-hydrogen) atoms. The maximum Gasteiger partial charge on any atom is 0.320 e. The molecular weight excluding hydrogens is 294 g/mol. The quantitative estimate of drug-likeness (QED) is 0.868. The minimum atomic E-state index is -0.766. The van der Waals surface area contributed by atoms with Crippen molar-refractivity contribution in [2.45, 2.75) is 38.1 Å². The van der Waals surface area contributed by atoms with Crippen LogP contribution in [0.4, 0.5) is 0 Å². The third-order valence-electron chi connectivity index (χ3n) is 5.21. The summed E-state index contributed by atoms with van der Waals surface area (Å²) in [4.78, 5) is 29.3. The first-order valence-electron chi connectivity index (χ1n) is 8.21. The molecule has 6 heteroatoms. The van der Waals surface area contributed by atoms with Gasteiger partial charge in [-0.2, -0.15) is 0 Å². The first kappa shape index (κ1) is 15.9. The van der Waals surface area contributed by atoms with Gasteiger partial charge in [-0.3, -0.25) is 14.6 Å². The van der Waals surface area contributed by atoms with Crippen LogP contribution in [0.2, 0.25) is 0 Å². The Balaban J connectivity index is 1.47. The van der Waals surface area contributed by atoms with E-state index in [4.69, 9.17) is 5.11 Å². The van der Waals surface area contributed by atoms with Crippen LogP contribution in [0.3, 0.4) is 0 Å². The lowest BCUT2D eigenvalue weighted by Gasteiger charge is -2.39. The number of aryl methyl sites for hydroxylation is 1. The number of amides is 1. The molecule has 2 fully saturated rings. The topological polar surface area (TPSA) is 82.5 Å². The molecule has 3 rings (SSSR count). The van der Waals surface area contributed by atoms with Crippen molar-refractivity contribution in [2.75, 3.05) is 19.6 Å². The van der Waals surface area contributed by atoms with Gasteiger partial charge in [0.15, 0.2) is 0 Å². The zero-order valence-corrected chi connectivity index (χ0v) is 13.2. The second-order valence-corrected chi connectivity index (χ2v) is 6.71. The van der Waals surface area contributed by atoms with Gasteiger partial charge in [-0.1, -0.05) is 0 Å². The maximum atomic E-state index is 12.3. The maximum absolute atomic E-state index is 12.3. The lowest BCUT2D eigenvalue weighted by atomic mass is 9.76. The molecule has 6 nitrogen and oxygen atoms in total. The summed E-state index contributed by atoms with van der Waals surface area (Å²) in [5.74, 6) is -0.574. The Morgan fingerprint density at radius 3 is 2.61 bits per heavy atom. The highest BCUT2D eigenvalue weighted by Crippen LogP contribution is 2.39. The highest BCUT2D eigenvalue weighted by Gasteiger charge is 2.43. The van der Waals surface area contributed by atoms with Crippen LogP contribution in [-0.4, -0.2) is 52.5 Å². The smallest absolute Gasteiger partial charge is 0.320 e. The average molecular weight is 317 g/mol. The zero-order chi connectivity index (χ0) is 16.3. The fourth-order valence-corrected chi connectivity index (χ4v) is 3.66. The molecule has 1 atom stereocenters. The standard InChI is InChI=1S/C17H23N3O3/c21-15(2-1-13-3-7-18-8-4-13)20-9-5-17(6-10-20)11-14(16(22)23)19-12-17/h3-4,7-8,14,19H,1-2,5-6,9-12H2,(H,22,23)/t14-/m1/s1. The van der Waals surface area contributed by atoms with Crippen LogP contribution in [0.25, 0.3) is 0 Å². The highest BCUT2D eigenvalue weighted by atomic mass is 16.4. The second-order valence-electron chi connectivity index (χ2n) is 6.71. The third kappa shape index (κ3) is 3.69. The molecule has 0 aliphatic carbocycles. The van der Waals surface area contributed by atoms with Gasteiger partial charge in [0.05, 0.1) is 0 Å². The molecule has 2 aliphatic rings. The first-order valence-corrected chi connectivity index (χ1v) is 8.21. The van der Waals surface area contributed by atoms with Gasteiger partial charge in [0.2, 0.25) is 5.91 Å². The summed E-state index contributed by atoms with van der Waals surface area (Å²) in [6.07, 6.45) is 7.22. The molecule has 2 N–H and O–H groups in total. The van der Waals surface area contributed by atoms with Gasteiger partial charge >= 0.3 is 5.97 Å². The monoisotopic (exact) mass is 317 g/mol. The fraction of sp³-hybridized carbons (Fsp3) is 0.588. The molecule has 0 bridgehead atoms. The molecule has 3 heterocycles. The van der Waals surface area contributed by atoms with E-state index < -0.39 is 12.0 Å². The molecule has 1 aromatic heterocycles. The van der Waals surface area contributed by atoms with Crippen LogP contribution in [0.15, 0.2) is 24.5 Å². The number of carboxylic acid groups (broad SMARTS) is 1.